The Morgan fingerprint density at radius 3 is 2.70 bits per heavy atom. The number of nitrogens with zero attached hydrogens (tertiary/aromatic N) is 3. The number of hydrogen-bond acceptors (Lipinski definition) is 3. The van der Waals surface area contributed by atoms with Crippen LogP contribution in [-0.4, -0.2) is 40.7 Å². The van der Waals surface area contributed by atoms with E-state index in [1.165, 1.54) is 0 Å². The molecule has 27 heavy (non-hydrogen) atoms. The normalized spacial score (nSPS) is 16.4. The molecule has 0 spiro atoms. The molecule has 0 aliphatic carbocycles. The van der Waals surface area contributed by atoms with Crippen molar-refractivity contribution in [3.63, 3.8) is 0 Å². The number of rotatable bonds is 5. The van der Waals surface area contributed by atoms with Gasteiger partial charge in [-0.3, -0.25) is 4.79 Å². The minimum Gasteiger partial charge on any atom is -0.337 e. The molecule has 1 aliphatic heterocycles. The number of benzene rings is 2. The van der Waals surface area contributed by atoms with Crippen LogP contribution in [0.5, 0.6) is 0 Å². The summed E-state index contributed by atoms with van der Waals surface area (Å²) in [5.41, 5.74) is 4.09. The maximum absolute atomic E-state index is 13.1. The fourth-order valence-corrected chi connectivity index (χ4v) is 3.69. The van der Waals surface area contributed by atoms with Crippen LogP contribution in [0.4, 0.5) is 0 Å². The first kappa shape index (κ1) is 17.5. The molecule has 1 aromatic heterocycles. The summed E-state index contributed by atoms with van der Waals surface area (Å²) in [5.74, 6) is 0.501. The van der Waals surface area contributed by atoms with Crippen LogP contribution in [0.15, 0.2) is 67.0 Å². The zero-order valence-electron chi connectivity index (χ0n) is 15.5. The number of hydrogen-bond donors (Lipinski definition) is 1. The van der Waals surface area contributed by atoms with E-state index in [1.807, 2.05) is 66.5 Å². The van der Waals surface area contributed by atoms with Gasteiger partial charge in [0, 0.05) is 38.1 Å². The third-order valence-electron chi connectivity index (χ3n) is 5.16. The van der Waals surface area contributed by atoms with Crippen molar-refractivity contribution in [3.05, 3.63) is 83.7 Å². The highest BCUT2D eigenvalue weighted by Crippen LogP contribution is 2.26. The molecule has 138 valence electrons. The topological polar surface area (TPSA) is 50.2 Å². The fourth-order valence-electron chi connectivity index (χ4n) is 3.69. The van der Waals surface area contributed by atoms with Crippen LogP contribution in [0.1, 0.15) is 33.8 Å². The molecule has 5 heteroatoms. The number of carbonyl (C=O) groups is 1. The van der Waals surface area contributed by atoms with Crippen molar-refractivity contribution in [1.29, 1.82) is 0 Å². The van der Waals surface area contributed by atoms with E-state index in [4.69, 9.17) is 0 Å². The van der Waals surface area contributed by atoms with Crippen LogP contribution in [-0.2, 0) is 6.54 Å². The Bertz CT molecular complexity index is 896. The van der Waals surface area contributed by atoms with E-state index in [-0.39, 0.29) is 5.91 Å². The molecular weight excluding hydrogens is 336 g/mol. The van der Waals surface area contributed by atoms with E-state index < -0.39 is 0 Å². The van der Waals surface area contributed by atoms with Gasteiger partial charge in [0.1, 0.15) is 0 Å². The summed E-state index contributed by atoms with van der Waals surface area (Å²) < 4.78 is 1.82. The van der Waals surface area contributed by atoms with Crippen molar-refractivity contribution >= 4 is 5.91 Å². The molecule has 0 unspecified atom stereocenters. The molecule has 3 aromatic rings. The minimum absolute atomic E-state index is 0.0775. The Hall–Kier alpha value is -2.92. The summed E-state index contributed by atoms with van der Waals surface area (Å²) in [6.45, 7) is 2.55. The molecule has 2 aromatic carbocycles. The lowest BCUT2D eigenvalue weighted by molar-refractivity contribution is 0.0783. The average Bonchev–Trinajstić information content (AvgIpc) is 3.42. The maximum Gasteiger partial charge on any atom is 0.254 e. The van der Waals surface area contributed by atoms with Crippen LogP contribution in [0.2, 0.25) is 0 Å². The minimum atomic E-state index is 0.0775. The lowest BCUT2D eigenvalue weighted by Crippen LogP contribution is -2.27. The Morgan fingerprint density at radius 1 is 1.19 bits per heavy atom. The second-order valence-electron chi connectivity index (χ2n) is 7.06. The largest absolute Gasteiger partial charge is 0.337 e. The SMILES string of the molecule is CN(Cc1ccc(-n2cccn2)cc1)C(=O)c1ccccc1[C@@H]1CCNC1. The lowest BCUT2D eigenvalue weighted by Gasteiger charge is -2.21. The van der Waals surface area contributed by atoms with Crippen LogP contribution in [0.25, 0.3) is 5.69 Å². The van der Waals surface area contributed by atoms with Gasteiger partial charge < -0.3 is 10.2 Å². The molecule has 1 atom stereocenters. The molecule has 0 bridgehead atoms. The Morgan fingerprint density at radius 2 is 2.00 bits per heavy atom. The Labute approximate surface area is 159 Å². The van der Waals surface area contributed by atoms with Crippen molar-refractivity contribution in [2.45, 2.75) is 18.9 Å². The van der Waals surface area contributed by atoms with Gasteiger partial charge in [0.15, 0.2) is 0 Å². The smallest absolute Gasteiger partial charge is 0.254 e. The fraction of sp³-hybridized carbons (Fsp3) is 0.273. The highest BCUT2D eigenvalue weighted by Gasteiger charge is 2.23. The molecule has 1 fully saturated rings. The van der Waals surface area contributed by atoms with E-state index in [0.29, 0.717) is 12.5 Å². The molecule has 0 saturated carbocycles. The van der Waals surface area contributed by atoms with Crippen LogP contribution in [0, 0.1) is 0 Å². The average molecular weight is 360 g/mol. The Kier molecular flexibility index (Phi) is 5.03. The van der Waals surface area contributed by atoms with Gasteiger partial charge in [-0.25, -0.2) is 4.68 Å². The molecule has 0 radical (unpaired) electrons. The summed E-state index contributed by atoms with van der Waals surface area (Å²) in [4.78, 5) is 14.9. The quantitative estimate of drug-likeness (QED) is 0.760. The second kappa shape index (κ2) is 7.76. The molecule has 1 N–H and O–H groups in total. The summed E-state index contributed by atoms with van der Waals surface area (Å²) in [6, 6.07) is 18.1. The van der Waals surface area contributed by atoms with Gasteiger partial charge in [0.2, 0.25) is 0 Å². The zero-order valence-corrected chi connectivity index (χ0v) is 15.5. The van der Waals surface area contributed by atoms with Crippen molar-refractivity contribution in [1.82, 2.24) is 20.0 Å². The van der Waals surface area contributed by atoms with Crippen molar-refractivity contribution in [2.75, 3.05) is 20.1 Å². The monoisotopic (exact) mass is 360 g/mol. The molecule has 1 aliphatic rings. The second-order valence-corrected chi connectivity index (χ2v) is 7.06. The van der Waals surface area contributed by atoms with E-state index >= 15 is 0 Å². The van der Waals surface area contributed by atoms with E-state index in [0.717, 1.165) is 41.9 Å². The molecule has 4 rings (SSSR count). The van der Waals surface area contributed by atoms with Gasteiger partial charge in [0.25, 0.3) is 5.91 Å². The first-order valence-corrected chi connectivity index (χ1v) is 9.36. The number of aromatic nitrogens is 2. The summed E-state index contributed by atoms with van der Waals surface area (Å²) in [5, 5.41) is 7.63. The van der Waals surface area contributed by atoms with E-state index in [9.17, 15) is 4.79 Å². The maximum atomic E-state index is 13.1. The molecule has 5 nitrogen and oxygen atoms in total. The van der Waals surface area contributed by atoms with E-state index in [1.54, 1.807) is 11.1 Å². The molecule has 1 saturated heterocycles. The number of carbonyl (C=O) groups excluding carboxylic acids is 1. The summed E-state index contributed by atoms with van der Waals surface area (Å²) >= 11 is 0. The number of nitrogens with one attached hydrogen (secondary N) is 1. The van der Waals surface area contributed by atoms with Crippen molar-refractivity contribution in [2.24, 2.45) is 0 Å². The number of amides is 1. The van der Waals surface area contributed by atoms with Crippen LogP contribution >= 0.6 is 0 Å². The first-order chi connectivity index (χ1) is 13.2. The van der Waals surface area contributed by atoms with Crippen molar-refractivity contribution in [3.8, 4) is 5.69 Å². The van der Waals surface area contributed by atoms with Gasteiger partial charge in [-0.15, -0.1) is 0 Å². The van der Waals surface area contributed by atoms with Gasteiger partial charge in [-0.1, -0.05) is 30.3 Å². The van der Waals surface area contributed by atoms with Crippen LogP contribution in [0.3, 0.4) is 0 Å². The predicted octanol–water partition coefficient (Wildman–Crippen LogP) is 3.22. The van der Waals surface area contributed by atoms with Gasteiger partial charge in [-0.05, 0) is 54.3 Å². The third kappa shape index (κ3) is 3.78. The van der Waals surface area contributed by atoms with Crippen LogP contribution < -0.4 is 5.32 Å². The standard InChI is InChI=1S/C22H24N4O/c1-25(16-17-7-9-19(10-8-17)26-14-4-12-24-26)22(27)21-6-3-2-5-20(21)18-11-13-23-15-18/h2-10,12,14,18,23H,11,13,15-16H2,1H3/t18-/m1/s1. The summed E-state index contributed by atoms with van der Waals surface area (Å²) in [7, 11) is 1.87. The first-order valence-electron chi connectivity index (χ1n) is 9.36. The van der Waals surface area contributed by atoms with Gasteiger partial charge in [0.05, 0.1) is 5.69 Å². The van der Waals surface area contributed by atoms with Crippen molar-refractivity contribution < 1.29 is 4.79 Å². The zero-order chi connectivity index (χ0) is 18.6. The lowest BCUT2D eigenvalue weighted by atomic mass is 9.93. The van der Waals surface area contributed by atoms with Gasteiger partial charge in [-0.2, -0.15) is 5.10 Å². The molecular formula is C22H24N4O. The van der Waals surface area contributed by atoms with E-state index in [2.05, 4.69) is 16.5 Å². The molecule has 2 heterocycles. The van der Waals surface area contributed by atoms with Gasteiger partial charge >= 0.3 is 0 Å². The highest BCUT2D eigenvalue weighted by atomic mass is 16.2. The highest BCUT2D eigenvalue weighted by molar-refractivity contribution is 5.95. The Balaban J connectivity index is 1.48. The molecule has 1 amide bonds. The predicted molar refractivity (Wildman–Crippen MR) is 106 cm³/mol. The third-order valence-corrected chi connectivity index (χ3v) is 5.16. The summed E-state index contributed by atoms with van der Waals surface area (Å²) in [6.07, 6.45) is 4.76.